The van der Waals surface area contributed by atoms with Gasteiger partial charge in [0.15, 0.2) is 5.13 Å². The van der Waals surface area contributed by atoms with Crippen LogP contribution in [0, 0.1) is 13.8 Å². The molecule has 1 saturated heterocycles. The number of aliphatic hydroxyl groups is 1. The zero-order valence-corrected chi connectivity index (χ0v) is 25.9. The number of ketones is 1. The van der Waals surface area contributed by atoms with Gasteiger partial charge in [0.05, 0.1) is 23.9 Å². The average molecular weight is 625 g/mol. The molecule has 1 unspecified atom stereocenters. The largest absolute Gasteiger partial charge is 0.507 e. The first kappa shape index (κ1) is 31.2. The lowest BCUT2D eigenvalue weighted by Crippen LogP contribution is -2.29. The van der Waals surface area contributed by atoms with Crippen LogP contribution < -0.4 is 14.4 Å². The van der Waals surface area contributed by atoms with E-state index in [2.05, 4.69) is 11.6 Å². The Labute approximate surface area is 265 Å². The number of rotatable bonds is 11. The molecule has 10 heteroatoms. The van der Waals surface area contributed by atoms with Crippen molar-refractivity contribution < 1.29 is 33.7 Å². The molecule has 9 nitrogen and oxygen atoms in total. The molecule has 0 saturated carbocycles. The number of carbonyl (C=O) groups excluding carboxylic acids is 3. The first-order valence-electron chi connectivity index (χ1n) is 14.3. The van der Waals surface area contributed by atoms with E-state index >= 15 is 0 Å². The number of thiazole rings is 1. The fraction of sp³-hybridized carbons (Fsp3) is 0.200. The molecular formula is C35H32N2O7S. The first-order chi connectivity index (χ1) is 21.7. The third-order valence-electron chi connectivity index (χ3n) is 7.24. The summed E-state index contributed by atoms with van der Waals surface area (Å²) in [6.45, 7) is 9.90. The summed E-state index contributed by atoms with van der Waals surface area (Å²) >= 11 is 0.934. The lowest BCUT2D eigenvalue weighted by atomic mass is 9.95. The number of benzene rings is 3. The quantitative estimate of drug-likeness (QED) is 0.0644. The third kappa shape index (κ3) is 6.51. The first-order valence-corrected chi connectivity index (χ1v) is 15.1. The zero-order chi connectivity index (χ0) is 32.1. The number of esters is 1. The molecular weight excluding hydrogens is 592 g/mol. The molecule has 1 aliphatic rings. The maximum absolute atomic E-state index is 13.6. The predicted octanol–water partition coefficient (Wildman–Crippen LogP) is 6.71. The highest BCUT2D eigenvalue weighted by molar-refractivity contribution is 7.17. The minimum absolute atomic E-state index is 0.0118. The van der Waals surface area contributed by atoms with Gasteiger partial charge in [0.25, 0.3) is 5.78 Å². The van der Waals surface area contributed by atoms with E-state index in [9.17, 15) is 19.5 Å². The summed E-state index contributed by atoms with van der Waals surface area (Å²) in [6, 6.07) is 20.5. The smallest absolute Gasteiger partial charge is 0.350 e. The molecule has 0 bridgehead atoms. The van der Waals surface area contributed by atoms with E-state index in [1.165, 1.54) is 11.0 Å². The Morgan fingerprint density at radius 3 is 2.33 bits per heavy atom. The molecule has 45 heavy (non-hydrogen) atoms. The molecule has 0 radical (unpaired) electrons. The molecule has 0 spiro atoms. The molecule has 5 rings (SSSR count). The molecule has 1 fully saturated rings. The number of Topliss-reactive ketones (excluding diaryl/α,β-unsaturated/α-hetero) is 1. The highest BCUT2D eigenvalue weighted by Gasteiger charge is 2.48. The van der Waals surface area contributed by atoms with Gasteiger partial charge in [-0.1, -0.05) is 60.4 Å². The van der Waals surface area contributed by atoms with E-state index in [1.807, 2.05) is 38.1 Å². The Kier molecular flexibility index (Phi) is 9.44. The maximum atomic E-state index is 13.6. The lowest BCUT2D eigenvalue weighted by Gasteiger charge is -2.23. The van der Waals surface area contributed by atoms with Gasteiger partial charge in [0.1, 0.15) is 35.3 Å². The Bertz CT molecular complexity index is 1770. The van der Waals surface area contributed by atoms with E-state index in [4.69, 9.17) is 14.2 Å². The van der Waals surface area contributed by atoms with Crippen molar-refractivity contribution in [2.45, 2.75) is 33.4 Å². The molecule has 1 aliphatic heterocycles. The van der Waals surface area contributed by atoms with Gasteiger partial charge < -0.3 is 19.3 Å². The molecule has 3 aromatic carbocycles. The topological polar surface area (TPSA) is 115 Å². The Morgan fingerprint density at radius 1 is 1.00 bits per heavy atom. The Hall–Kier alpha value is -5.22. The van der Waals surface area contributed by atoms with E-state index in [-0.39, 0.29) is 27.9 Å². The predicted molar refractivity (Wildman–Crippen MR) is 172 cm³/mol. The summed E-state index contributed by atoms with van der Waals surface area (Å²) in [4.78, 5) is 45.7. The highest BCUT2D eigenvalue weighted by Crippen LogP contribution is 2.44. The van der Waals surface area contributed by atoms with Crippen molar-refractivity contribution in [3.8, 4) is 11.5 Å². The molecule has 1 aromatic heterocycles. The minimum Gasteiger partial charge on any atom is -0.507 e. The van der Waals surface area contributed by atoms with Crippen LogP contribution in [-0.2, 0) is 20.9 Å². The fourth-order valence-electron chi connectivity index (χ4n) is 4.93. The monoisotopic (exact) mass is 624 g/mol. The number of nitrogens with zero attached hydrogens (tertiary/aromatic N) is 2. The molecule has 0 aliphatic carbocycles. The number of amides is 1. The number of carbonyl (C=O) groups is 3. The van der Waals surface area contributed by atoms with E-state index < -0.39 is 23.7 Å². The molecule has 230 valence electrons. The van der Waals surface area contributed by atoms with E-state index in [1.54, 1.807) is 55.5 Å². The van der Waals surface area contributed by atoms with Crippen LogP contribution in [0.4, 0.5) is 5.13 Å². The fourth-order valence-corrected chi connectivity index (χ4v) is 5.92. The van der Waals surface area contributed by atoms with Gasteiger partial charge in [0.2, 0.25) is 0 Å². The molecule has 2 heterocycles. The lowest BCUT2D eigenvalue weighted by molar-refractivity contribution is -0.132. The number of anilines is 1. The van der Waals surface area contributed by atoms with Crippen LogP contribution in [0.2, 0.25) is 0 Å². The standard InChI is InChI=1S/C35H32N2O7S/c1-5-19-43-34(41)32-22(4)36-35(45-32)37-29(23-11-15-26(16-12-23)42-6-2)28(31(39)33(37)40)30(38)24-13-17-27(18-14-24)44-20-25-10-8-7-9-21(25)3/h5,7-18,29,38H,1,6,19-20H2,2-4H3/b30-28+. The van der Waals surface area contributed by atoms with E-state index in [0.717, 1.165) is 22.5 Å². The van der Waals surface area contributed by atoms with Crippen LogP contribution in [0.3, 0.4) is 0 Å². The van der Waals surface area contributed by atoms with E-state index in [0.29, 0.717) is 41.5 Å². The van der Waals surface area contributed by atoms with Gasteiger partial charge in [-0.3, -0.25) is 14.5 Å². The van der Waals surface area contributed by atoms with Crippen LogP contribution in [0.1, 0.15) is 50.6 Å². The van der Waals surface area contributed by atoms with Crippen molar-refractivity contribution in [2.75, 3.05) is 18.1 Å². The van der Waals surface area contributed by atoms with Gasteiger partial charge in [0, 0.05) is 5.56 Å². The van der Waals surface area contributed by atoms with Crippen LogP contribution in [0.5, 0.6) is 11.5 Å². The Balaban J connectivity index is 1.52. The van der Waals surface area contributed by atoms with Crippen molar-refractivity contribution in [3.63, 3.8) is 0 Å². The third-order valence-corrected chi connectivity index (χ3v) is 8.38. The Morgan fingerprint density at radius 2 is 1.67 bits per heavy atom. The second kappa shape index (κ2) is 13.6. The van der Waals surface area contributed by atoms with Gasteiger partial charge in [-0.2, -0.15) is 0 Å². The number of aryl methyl sites for hydroxylation is 2. The van der Waals surface area contributed by atoms with Crippen molar-refractivity contribution in [1.82, 2.24) is 4.98 Å². The van der Waals surface area contributed by atoms with Crippen LogP contribution >= 0.6 is 11.3 Å². The number of hydrogen-bond donors (Lipinski definition) is 1. The summed E-state index contributed by atoms with van der Waals surface area (Å²) in [5.74, 6) is -1.54. The number of ether oxygens (including phenoxy) is 3. The number of hydrogen-bond acceptors (Lipinski definition) is 9. The highest BCUT2D eigenvalue weighted by atomic mass is 32.1. The second-order valence-electron chi connectivity index (χ2n) is 10.2. The van der Waals surface area contributed by atoms with Crippen LogP contribution in [-0.4, -0.2) is 41.0 Å². The second-order valence-corrected chi connectivity index (χ2v) is 11.2. The zero-order valence-electron chi connectivity index (χ0n) is 25.1. The van der Waals surface area contributed by atoms with Gasteiger partial charge in [-0.25, -0.2) is 9.78 Å². The van der Waals surface area contributed by atoms with Crippen molar-refractivity contribution in [3.05, 3.63) is 124 Å². The molecule has 1 amide bonds. The van der Waals surface area contributed by atoms with Crippen molar-refractivity contribution >= 4 is 39.9 Å². The maximum Gasteiger partial charge on any atom is 0.350 e. The van der Waals surface area contributed by atoms with Gasteiger partial charge in [-0.05, 0) is 73.9 Å². The normalized spacial score (nSPS) is 15.6. The summed E-state index contributed by atoms with van der Waals surface area (Å²) in [5, 5.41) is 11.7. The van der Waals surface area contributed by atoms with Crippen LogP contribution in [0.15, 0.2) is 91.0 Å². The number of aliphatic hydroxyl groups excluding tert-OH is 1. The summed E-state index contributed by atoms with van der Waals surface area (Å²) in [5.41, 5.74) is 3.27. The summed E-state index contributed by atoms with van der Waals surface area (Å²) in [6.07, 6.45) is 1.45. The van der Waals surface area contributed by atoms with Gasteiger partial charge in [-0.15, -0.1) is 0 Å². The van der Waals surface area contributed by atoms with Gasteiger partial charge >= 0.3 is 11.9 Å². The molecule has 1 atom stereocenters. The van der Waals surface area contributed by atoms with Crippen molar-refractivity contribution in [2.24, 2.45) is 0 Å². The average Bonchev–Trinajstić information content (AvgIpc) is 3.56. The van der Waals surface area contributed by atoms with Crippen LogP contribution in [0.25, 0.3) is 5.76 Å². The minimum atomic E-state index is -1.03. The number of aromatic nitrogens is 1. The SMILES string of the molecule is C=CCOC(=O)c1sc(N2C(=O)C(=O)/C(=C(/O)c3ccc(OCc4ccccc4C)cc3)C2c2ccc(OCC)cc2)nc1C. The summed E-state index contributed by atoms with van der Waals surface area (Å²) in [7, 11) is 0. The summed E-state index contributed by atoms with van der Waals surface area (Å²) < 4.78 is 16.7. The van der Waals surface area contributed by atoms with Crippen molar-refractivity contribution in [1.29, 1.82) is 0 Å². The molecule has 4 aromatic rings. The molecule has 1 N–H and O–H groups in total.